The Morgan fingerprint density at radius 1 is 1.40 bits per heavy atom. The summed E-state index contributed by atoms with van der Waals surface area (Å²) in [7, 11) is 0. The van der Waals surface area contributed by atoms with E-state index in [9.17, 15) is 4.79 Å². The summed E-state index contributed by atoms with van der Waals surface area (Å²) in [6.07, 6.45) is 1.43. The van der Waals surface area contributed by atoms with Crippen molar-refractivity contribution in [1.29, 1.82) is 0 Å². The first-order valence-electron chi connectivity index (χ1n) is 5.29. The molecular weight excluding hydrogens is 188 g/mol. The van der Waals surface area contributed by atoms with Gasteiger partial charge in [-0.2, -0.15) is 0 Å². The molecule has 1 aromatic rings. The molecule has 0 unspecified atom stereocenters. The minimum absolute atomic E-state index is 0.0328. The van der Waals surface area contributed by atoms with Crippen molar-refractivity contribution in [2.24, 2.45) is 5.73 Å². The molecule has 0 radical (unpaired) electrons. The number of nitrogens with two attached hydrogens (primary N) is 1. The minimum Gasteiger partial charge on any atom is -0.326 e. The van der Waals surface area contributed by atoms with Crippen LogP contribution in [0.3, 0.4) is 0 Å². The van der Waals surface area contributed by atoms with Crippen LogP contribution >= 0.6 is 0 Å². The molecule has 0 saturated heterocycles. The number of anilines is 1. The highest BCUT2D eigenvalue weighted by atomic mass is 16.1. The maximum absolute atomic E-state index is 11.3. The van der Waals surface area contributed by atoms with E-state index in [2.05, 4.69) is 5.32 Å². The Kier molecular flexibility index (Phi) is 4.31. The van der Waals surface area contributed by atoms with Gasteiger partial charge in [0.1, 0.15) is 0 Å². The second-order valence-corrected chi connectivity index (χ2v) is 3.71. The highest BCUT2D eigenvalue weighted by Crippen LogP contribution is 2.14. The van der Waals surface area contributed by atoms with Gasteiger partial charge in [0, 0.05) is 18.2 Å². The van der Waals surface area contributed by atoms with Gasteiger partial charge in [0.25, 0.3) is 0 Å². The van der Waals surface area contributed by atoms with E-state index in [1.807, 2.05) is 38.1 Å². The van der Waals surface area contributed by atoms with Crippen molar-refractivity contribution in [3.63, 3.8) is 0 Å². The molecule has 0 fully saturated rings. The van der Waals surface area contributed by atoms with Crippen molar-refractivity contribution in [1.82, 2.24) is 0 Å². The molecule has 0 spiro atoms. The Hall–Kier alpha value is -1.35. The molecule has 15 heavy (non-hydrogen) atoms. The third-order valence-electron chi connectivity index (χ3n) is 2.20. The van der Waals surface area contributed by atoms with Crippen LogP contribution in [0.1, 0.15) is 38.3 Å². The summed E-state index contributed by atoms with van der Waals surface area (Å²) in [5, 5.41) is 2.83. The van der Waals surface area contributed by atoms with Crippen molar-refractivity contribution >= 4 is 11.6 Å². The maximum atomic E-state index is 11.3. The average molecular weight is 206 g/mol. The van der Waals surface area contributed by atoms with Gasteiger partial charge in [0.05, 0.1) is 0 Å². The highest BCUT2D eigenvalue weighted by Gasteiger charge is 2.02. The van der Waals surface area contributed by atoms with Crippen LogP contribution in [0.2, 0.25) is 0 Å². The smallest absolute Gasteiger partial charge is 0.224 e. The first kappa shape index (κ1) is 11.7. The number of hydrogen-bond acceptors (Lipinski definition) is 2. The number of carbonyl (C=O) groups is 1. The molecule has 82 valence electrons. The number of amides is 1. The number of rotatable bonds is 4. The minimum atomic E-state index is 0.0328. The molecule has 0 bridgehead atoms. The Balaban J connectivity index is 2.60. The zero-order valence-electron chi connectivity index (χ0n) is 9.29. The first-order valence-corrected chi connectivity index (χ1v) is 5.29. The lowest BCUT2D eigenvalue weighted by molar-refractivity contribution is -0.116. The summed E-state index contributed by atoms with van der Waals surface area (Å²) >= 11 is 0. The van der Waals surface area contributed by atoms with E-state index < -0.39 is 0 Å². The van der Waals surface area contributed by atoms with Crippen molar-refractivity contribution in [3.05, 3.63) is 29.8 Å². The van der Waals surface area contributed by atoms with Crippen molar-refractivity contribution < 1.29 is 4.79 Å². The third-order valence-corrected chi connectivity index (χ3v) is 2.20. The van der Waals surface area contributed by atoms with Gasteiger partial charge in [-0.3, -0.25) is 4.79 Å². The molecular formula is C12H18N2O. The second kappa shape index (κ2) is 5.51. The molecule has 3 N–H and O–H groups in total. The Labute approximate surface area is 90.7 Å². The van der Waals surface area contributed by atoms with Crippen LogP contribution < -0.4 is 11.1 Å². The van der Waals surface area contributed by atoms with Gasteiger partial charge in [-0.15, -0.1) is 0 Å². The standard InChI is InChI=1S/C12H18N2O/c1-3-4-12(15)14-11-7-5-10(6-8-11)9(2)13/h5-9H,3-4,13H2,1-2H3,(H,14,15)/t9-/m0/s1. The van der Waals surface area contributed by atoms with Gasteiger partial charge in [0.15, 0.2) is 0 Å². The van der Waals surface area contributed by atoms with Crippen LogP contribution in [0.4, 0.5) is 5.69 Å². The molecule has 1 amide bonds. The van der Waals surface area contributed by atoms with Crippen LogP contribution in [-0.4, -0.2) is 5.91 Å². The van der Waals surface area contributed by atoms with Crippen LogP contribution in [0.15, 0.2) is 24.3 Å². The fourth-order valence-electron chi connectivity index (χ4n) is 1.32. The molecule has 0 heterocycles. The summed E-state index contributed by atoms with van der Waals surface area (Å²) in [5.41, 5.74) is 7.63. The van der Waals surface area contributed by atoms with E-state index in [1.165, 1.54) is 0 Å². The van der Waals surface area contributed by atoms with Gasteiger partial charge in [-0.25, -0.2) is 0 Å². The average Bonchev–Trinajstić information content (AvgIpc) is 2.18. The van der Waals surface area contributed by atoms with Gasteiger partial charge in [0.2, 0.25) is 5.91 Å². The molecule has 0 aromatic heterocycles. The highest BCUT2D eigenvalue weighted by molar-refractivity contribution is 5.90. The molecule has 0 aliphatic rings. The summed E-state index contributed by atoms with van der Waals surface area (Å²) in [5.74, 6) is 0.0612. The third kappa shape index (κ3) is 3.72. The Morgan fingerprint density at radius 3 is 2.47 bits per heavy atom. The van der Waals surface area contributed by atoms with Gasteiger partial charge >= 0.3 is 0 Å². The molecule has 0 saturated carbocycles. The molecule has 3 nitrogen and oxygen atoms in total. The second-order valence-electron chi connectivity index (χ2n) is 3.71. The van der Waals surface area contributed by atoms with Crippen LogP contribution in [0.5, 0.6) is 0 Å². The fourth-order valence-corrected chi connectivity index (χ4v) is 1.32. The molecule has 0 aliphatic carbocycles. The van der Waals surface area contributed by atoms with Gasteiger partial charge < -0.3 is 11.1 Å². The number of hydrogen-bond donors (Lipinski definition) is 2. The lowest BCUT2D eigenvalue weighted by atomic mass is 10.1. The van der Waals surface area contributed by atoms with Crippen molar-refractivity contribution in [2.75, 3.05) is 5.32 Å². The van der Waals surface area contributed by atoms with Crippen LogP contribution in [0, 0.1) is 0 Å². The predicted molar refractivity (Wildman–Crippen MR) is 62.6 cm³/mol. The number of carbonyl (C=O) groups excluding carboxylic acids is 1. The summed E-state index contributed by atoms with van der Waals surface area (Å²) in [6, 6.07) is 7.67. The fraction of sp³-hybridized carbons (Fsp3) is 0.417. The van der Waals surface area contributed by atoms with Crippen LogP contribution in [-0.2, 0) is 4.79 Å². The lowest BCUT2D eigenvalue weighted by Crippen LogP contribution is -2.11. The predicted octanol–water partition coefficient (Wildman–Crippen LogP) is 2.44. The van der Waals surface area contributed by atoms with Crippen molar-refractivity contribution in [2.45, 2.75) is 32.7 Å². The maximum Gasteiger partial charge on any atom is 0.224 e. The lowest BCUT2D eigenvalue weighted by Gasteiger charge is -2.07. The van der Waals surface area contributed by atoms with Gasteiger partial charge in [-0.05, 0) is 31.0 Å². The number of nitrogens with one attached hydrogen (secondary N) is 1. The monoisotopic (exact) mass is 206 g/mol. The molecule has 1 atom stereocenters. The molecule has 1 rings (SSSR count). The van der Waals surface area contributed by atoms with Crippen LogP contribution in [0.25, 0.3) is 0 Å². The zero-order chi connectivity index (χ0) is 11.3. The Morgan fingerprint density at radius 2 is 2.00 bits per heavy atom. The van der Waals surface area contributed by atoms with E-state index >= 15 is 0 Å². The summed E-state index contributed by atoms with van der Waals surface area (Å²) in [6.45, 7) is 3.92. The topological polar surface area (TPSA) is 55.1 Å². The number of benzene rings is 1. The SMILES string of the molecule is CCCC(=O)Nc1ccc([C@H](C)N)cc1. The quantitative estimate of drug-likeness (QED) is 0.795. The van der Waals surface area contributed by atoms with E-state index in [1.54, 1.807) is 0 Å². The van der Waals surface area contributed by atoms with E-state index in [0.717, 1.165) is 17.7 Å². The van der Waals surface area contributed by atoms with Gasteiger partial charge in [-0.1, -0.05) is 19.1 Å². The van der Waals surface area contributed by atoms with E-state index in [-0.39, 0.29) is 11.9 Å². The molecule has 0 aliphatic heterocycles. The Bertz CT molecular complexity index is 317. The van der Waals surface area contributed by atoms with E-state index in [0.29, 0.717) is 6.42 Å². The van der Waals surface area contributed by atoms with Crippen molar-refractivity contribution in [3.8, 4) is 0 Å². The largest absolute Gasteiger partial charge is 0.326 e. The molecule has 3 heteroatoms. The first-order chi connectivity index (χ1) is 7.13. The summed E-state index contributed by atoms with van der Waals surface area (Å²) in [4.78, 5) is 11.3. The van der Waals surface area contributed by atoms with E-state index in [4.69, 9.17) is 5.73 Å². The summed E-state index contributed by atoms with van der Waals surface area (Å²) < 4.78 is 0. The molecule has 1 aromatic carbocycles. The zero-order valence-corrected chi connectivity index (χ0v) is 9.29. The normalized spacial score (nSPS) is 12.2.